The van der Waals surface area contributed by atoms with Crippen LogP contribution < -0.4 is 0 Å². The summed E-state index contributed by atoms with van der Waals surface area (Å²) in [5.41, 5.74) is 0.454. The van der Waals surface area contributed by atoms with Crippen molar-refractivity contribution in [2.75, 3.05) is 18.5 Å². The van der Waals surface area contributed by atoms with Crippen LogP contribution in [0.3, 0.4) is 0 Å². The third-order valence-electron chi connectivity index (χ3n) is 3.68. The van der Waals surface area contributed by atoms with Gasteiger partial charge in [-0.15, -0.1) is 0 Å². The van der Waals surface area contributed by atoms with Crippen LogP contribution in [0.5, 0.6) is 0 Å². The molecule has 0 amide bonds. The van der Waals surface area contributed by atoms with Gasteiger partial charge >= 0.3 is 0 Å². The average Bonchev–Trinajstić information content (AvgIpc) is 2.29. The van der Waals surface area contributed by atoms with E-state index in [1.54, 1.807) is 0 Å². The Labute approximate surface area is 109 Å². The van der Waals surface area contributed by atoms with Crippen molar-refractivity contribution in [3.05, 3.63) is 0 Å². The first-order chi connectivity index (χ1) is 7.68. The average molecular weight is 291 g/mol. The van der Waals surface area contributed by atoms with Gasteiger partial charge in [-0.25, -0.2) is 0 Å². The normalized spacial score (nSPS) is 20.2. The van der Waals surface area contributed by atoms with E-state index >= 15 is 0 Å². The van der Waals surface area contributed by atoms with E-state index in [9.17, 15) is 0 Å². The molecule has 0 unspecified atom stereocenters. The summed E-state index contributed by atoms with van der Waals surface area (Å²) in [6.45, 7) is 6.48. The number of hydrogen-bond acceptors (Lipinski definition) is 1. The molecule has 2 heteroatoms. The Hall–Kier alpha value is 0.440. The third-order valence-corrected chi connectivity index (χ3v) is 4.87. The molecule has 0 aromatic heterocycles. The quantitative estimate of drug-likeness (QED) is 0.484. The van der Waals surface area contributed by atoms with E-state index in [-0.39, 0.29) is 0 Å². The van der Waals surface area contributed by atoms with Crippen LogP contribution in [0.1, 0.15) is 58.8 Å². The summed E-state index contributed by atoms with van der Waals surface area (Å²) in [5, 5.41) is 1.12. The predicted octanol–water partition coefficient (Wildman–Crippen LogP) is 4.78. The first-order valence-corrected chi connectivity index (χ1v) is 7.94. The fraction of sp³-hybridized carbons (Fsp3) is 1.00. The Balaban J connectivity index is 2.13. The van der Waals surface area contributed by atoms with Crippen molar-refractivity contribution in [2.45, 2.75) is 58.8 Å². The number of halogens is 1. The third kappa shape index (κ3) is 5.18. The molecule has 1 aliphatic carbocycles. The Kier molecular flexibility index (Phi) is 6.98. The fourth-order valence-corrected chi connectivity index (χ4v) is 3.22. The molecule has 0 aromatic carbocycles. The lowest BCUT2D eigenvalue weighted by Gasteiger charge is -2.35. The number of hydrogen-bond donors (Lipinski definition) is 0. The second kappa shape index (κ2) is 7.71. The highest BCUT2D eigenvalue weighted by Gasteiger charge is 2.30. The van der Waals surface area contributed by atoms with Gasteiger partial charge in [0.05, 0.1) is 6.61 Å². The van der Waals surface area contributed by atoms with E-state index in [0.29, 0.717) is 5.41 Å². The Morgan fingerprint density at radius 3 is 2.44 bits per heavy atom. The zero-order valence-electron chi connectivity index (χ0n) is 10.9. The molecule has 1 saturated carbocycles. The van der Waals surface area contributed by atoms with Gasteiger partial charge in [-0.05, 0) is 31.6 Å². The fourth-order valence-electron chi connectivity index (χ4n) is 2.50. The molecule has 0 spiro atoms. The van der Waals surface area contributed by atoms with Crippen molar-refractivity contribution in [1.82, 2.24) is 0 Å². The topological polar surface area (TPSA) is 9.23 Å². The minimum absolute atomic E-state index is 0.454. The smallest absolute Gasteiger partial charge is 0.0530 e. The van der Waals surface area contributed by atoms with Crippen molar-refractivity contribution < 1.29 is 4.74 Å². The summed E-state index contributed by atoms with van der Waals surface area (Å²) >= 11 is 3.68. The summed E-state index contributed by atoms with van der Waals surface area (Å²) in [6.07, 6.45) is 9.41. The van der Waals surface area contributed by atoms with E-state index in [2.05, 4.69) is 29.8 Å². The molecule has 0 aromatic rings. The molecule has 1 nitrogen and oxygen atoms in total. The highest BCUT2D eigenvalue weighted by Crippen LogP contribution is 2.38. The molecule has 0 N–H and O–H groups in total. The maximum absolute atomic E-state index is 5.89. The van der Waals surface area contributed by atoms with Gasteiger partial charge < -0.3 is 4.74 Å². The molecule has 0 bridgehead atoms. The molecular formula is C14H27BrO. The molecule has 0 aliphatic heterocycles. The van der Waals surface area contributed by atoms with Crippen molar-refractivity contribution in [3.8, 4) is 0 Å². The molecule has 1 aliphatic rings. The lowest BCUT2D eigenvalue weighted by molar-refractivity contribution is 0.0324. The molecule has 1 rings (SSSR count). The lowest BCUT2D eigenvalue weighted by atomic mass is 9.76. The molecule has 96 valence electrons. The summed E-state index contributed by atoms with van der Waals surface area (Å²) in [4.78, 5) is 0. The van der Waals surface area contributed by atoms with E-state index < -0.39 is 0 Å². The zero-order valence-corrected chi connectivity index (χ0v) is 12.5. The van der Waals surface area contributed by atoms with Gasteiger partial charge in [0.25, 0.3) is 0 Å². The largest absolute Gasteiger partial charge is 0.381 e. The molecule has 0 heterocycles. The summed E-state index contributed by atoms with van der Waals surface area (Å²) in [5.74, 6) is 0.809. The minimum Gasteiger partial charge on any atom is -0.381 e. The van der Waals surface area contributed by atoms with Crippen LogP contribution in [0.2, 0.25) is 0 Å². The van der Waals surface area contributed by atoms with Gasteiger partial charge in [0, 0.05) is 17.4 Å². The van der Waals surface area contributed by atoms with E-state index in [0.717, 1.165) is 24.5 Å². The van der Waals surface area contributed by atoms with Crippen LogP contribution in [-0.2, 0) is 4.74 Å². The van der Waals surface area contributed by atoms with E-state index in [4.69, 9.17) is 4.74 Å². The van der Waals surface area contributed by atoms with E-state index in [1.807, 2.05) is 0 Å². The van der Waals surface area contributed by atoms with Crippen molar-refractivity contribution in [3.63, 3.8) is 0 Å². The molecular weight excluding hydrogens is 264 g/mol. The summed E-state index contributed by atoms with van der Waals surface area (Å²) in [6, 6.07) is 0. The molecule has 0 radical (unpaired) electrons. The molecule has 0 atom stereocenters. The molecule has 16 heavy (non-hydrogen) atoms. The number of ether oxygens (including phenoxy) is 1. The van der Waals surface area contributed by atoms with Crippen LogP contribution in [-0.4, -0.2) is 18.5 Å². The second-order valence-corrected chi connectivity index (χ2v) is 6.34. The van der Waals surface area contributed by atoms with Crippen molar-refractivity contribution >= 4 is 15.9 Å². The second-order valence-electron chi connectivity index (χ2n) is 5.78. The maximum atomic E-state index is 5.89. The molecule has 1 fully saturated rings. The van der Waals surface area contributed by atoms with E-state index in [1.165, 1.54) is 44.9 Å². The Morgan fingerprint density at radius 2 is 1.88 bits per heavy atom. The summed E-state index contributed by atoms with van der Waals surface area (Å²) in [7, 11) is 0. The number of alkyl halides is 1. The monoisotopic (exact) mass is 290 g/mol. The van der Waals surface area contributed by atoms with Gasteiger partial charge in [-0.3, -0.25) is 0 Å². The Bertz CT molecular complexity index is 174. The van der Waals surface area contributed by atoms with Crippen LogP contribution >= 0.6 is 15.9 Å². The molecule has 0 saturated heterocycles. The van der Waals surface area contributed by atoms with Crippen LogP contribution in [0.15, 0.2) is 0 Å². The van der Waals surface area contributed by atoms with Gasteiger partial charge in [-0.2, -0.15) is 0 Å². The minimum atomic E-state index is 0.454. The van der Waals surface area contributed by atoms with Gasteiger partial charge in [0.1, 0.15) is 0 Å². The van der Waals surface area contributed by atoms with Gasteiger partial charge in [0.15, 0.2) is 0 Å². The first-order valence-electron chi connectivity index (χ1n) is 6.82. The predicted molar refractivity (Wildman–Crippen MR) is 74.2 cm³/mol. The van der Waals surface area contributed by atoms with Gasteiger partial charge in [-0.1, -0.05) is 49.0 Å². The maximum Gasteiger partial charge on any atom is 0.0530 e. The summed E-state index contributed by atoms with van der Waals surface area (Å²) < 4.78 is 5.89. The van der Waals surface area contributed by atoms with Crippen LogP contribution in [0.4, 0.5) is 0 Å². The lowest BCUT2D eigenvalue weighted by Crippen LogP contribution is -2.31. The first kappa shape index (κ1) is 14.5. The highest BCUT2D eigenvalue weighted by atomic mass is 79.9. The van der Waals surface area contributed by atoms with Crippen molar-refractivity contribution in [1.29, 1.82) is 0 Å². The van der Waals surface area contributed by atoms with Gasteiger partial charge in [0.2, 0.25) is 0 Å². The number of rotatable bonds is 7. The van der Waals surface area contributed by atoms with Crippen LogP contribution in [0.25, 0.3) is 0 Å². The van der Waals surface area contributed by atoms with Crippen molar-refractivity contribution in [2.24, 2.45) is 11.3 Å². The SMILES string of the molecule is CC(C)CCCOCC1(CBr)CCCCC1. The Morgan fingerprint density at radius 1 is 1.19 bits per heavy atom. The zero-order chi connectivity index (χ0) is 11.9. The van der Waals surface area contributed by atoms with Crippen LogP contribution in [0, 0.1) is 11.3 Å². The standard InChI is InChI=1S/C14H27BrO/c1-13(2)7-6-10-16-12-14(11-15)8-4-3-5-9-14/h13H,3-12H2,1-2H3. The highest BCUT2D eigenvalue weighted by molar-refractivity contribution is 9.09.